The lowest BCUT2D eigenvalue weighted by atomic mass is 10.1. The summed E-state index contributed by atoms with van der Waals surface area (Å²) < 4.78 is 24.5. The Labute approximate surface area is 164 Å². The Morgan fingerprint density at radius 2 is 1.93 bits per heavy atom. The number of nitrogens with two attached hydrogens (primary N) is 1. The van der Waals surface area contributed by atoms with Gasteiger partial charge in [0.05, 0.1) is 0 Å². The number of fused-ring (bicyclic) bond motifs is 1. The van der Waals surface area contributed by atoms with Crippen molar-refractivity contribution in [3.05, 3.63) is 71.5 Å². The fraction of sp³-hybridized carbons (Fsp3) is 0.100. The fourth-order valence-electron chi connectivity index (χ4n) is 2.81. The Balaban J connectivity index is 1.51. The Bertz CT molecular complexity index is 1190. The molecule has 0 radical (unpaired) electrons. The quantitative estimate of drug-likeness (QED) is 0.493. The van der Waals surface area contributed by atoms with E-state index in [-0.39, 0.29) is 35.7 Å². The van der Waals surface area contributed by atoms with Gasteiger partial charge in [0.1, 0.15) is 0 Å². The lowest BCUT2D eigenvalue weighted by Crippen LogP contribution is -2.11. The molecule has 4 rings (SSSR count). The summed E-state index contributed by atoms with van der Waals surface area (Å²) in [5.74, 6) is -1.02. The van der Waals surface area contributed by atoms with Crippen molar-refractivity contribution >= 4 is 34.5 Å². The van der Waals surface area contributed by atoms with Crippen LogP contribution in [0, 0.1) is 12.7 Å². The number of halogens is 1. The average Bonchev–Trinajstić information content (AvgIpc) is 3.05. The first-order valence-corrected chi connectivity index (χ1v) is 8.68. The number of aryl methyl sites for hydroxylation is 1. The highest BCUT2D eigenvalue weighted by Gasteiger charge is 2.21. The molecule has 0 bridgehead atoms. The van der Waals surface area contributed by atoms with Crippen LogP contribution >= 0.6 is 0 Å². The van der Waals surface area contributed by atoms with E-state index in [2.05, 4.69) is 20.3 Å². The van der Waals surface area contributed by atoms with E-state index in [0.29, 0.717) is 10.9 Å². The van der Waals surface area contributed by atoms with Crippen LogP contribution in [-0.4, -0.2) is 20.9 Å². The predicted molar refractivity (Wildman–Crippen MR) is 104 cm³/mol. The molecule has 2 aromatic heterocycles. The number of furan rings is 1. The number of aromatic nitrogens is 3. The third-order valence-corrected chi connectivity index (χ3v) is 4.16. The Hall–Kier alpha value is -4.01. The second-order valence-corrected chi connectivity index (χ2v) is 6.17. The van der Waals surface area contributed by atoms with E-state index in [1.165, 1.54) is 6.07 Å². The summed E-state index contributed by atoms with van der Waals surface area (Å²) >= 11 is 0. The van der Waals surface area contributed by atoms with E-state index in [4.69, 9.17) is 14.9 Å². The van der Waals surface area contributed by atoms with Crippen molar-refractivity contribution in [2.45, 2.75) is 13.5 Å². The van der Waals surface area contributed by atoms with Crippen LogP contribution in [0.1, 0.15) is 21.9 Å². The molecule has 29 heavy (non-hydrogen) atoms. The largest absolute Gasteiger partial charge is 0.452 e. The zero-order valence-electron chi connectivity index (χ0n) is 15.3. The van der Waals surface area contributed by atoms with E-state index >= 15 is 0 Å². The number of ether oxygens (including phenoxy) is 1. The summed E-state index contributed by atoms with van der Waals surface area (Å²) in [6.07, 6.45) is 0. The lowest BCUT2D eigenvalue weighted by Gasteiger charge is -2.07. The maximum atomic E-state index is 13.9. The average molecular weight is 393 g/mol. The molecule has 0 aliphatic rings. The Kier molecular flexibility index (Phi) is 4.78. The van der Waals surface area contributed by atoms with Gasteiger partial charge >= 0.3 is 5.97 Å². The zero-order valence-corrected chi connectivity index (χ0v) is 15.3. The number of hydrogen-bond acceptors (Lipinski definition) is 8. The highest BCUT2D eigenvalue weighted by Crippen LogP contribution is 2.27. The van der Waals surface area contributed by atoms with Gasteiger partial charge in [-0.25, -0.2) is 9.18 Å². The van der Waals surface area contributed by atoms with Gasteiger partial charge in [0.15, 0.2) is 23.8 Å². The van der Waals surface area contributed by atoms with Crippen LogP contribution < -0.4 is 11.1 Å². The maximum absolute atomic E-state index is 13.9. The molecule has 0 aliphatic heterocycles. The molecule has 146 valence electrons. The van der Waals surface area contributed by atoms with Gasteiger partial charge in [-0.15, -0.1) is 0 Å². The predicted octanol–water partition coefficient (Wildman–Crippen LogP) is 3.75. The van der Waals surface area contributed by atoms with Gasteiger partial charge in [0.2, 0.25) is 17.7 Å². The second-order valence-electron chi connectivity index (χ2n) is 6.17. The van der Waals surface area contributed by atoms with Crippen LogP contribution in [0.2, 0.25) is 0 Å². The molecule has 0 aliphatic carbocycles. The number of para-hydroxylation sites is 2. The fourth-order valence-corrected chi connectivity index (χ4v) is 2.81. The molecule has 3 N–H and O–H groups in total. The summed E-state index contributed by atoms with van der Waals surface area (Å²) in [6.45, 7) is 1.40. The van der Waals surface area contributed by atoms with E-state index < -0.39 is 11.8 Å². The number of carbonyl (C=O) groups is 1. The Morgan fingerprint density at radius 3 is 2.69 bits per heavy atom. The summed E-state index contributed by atoms with van der Waals surface area (Å²) in [4.78, 5) is 24.6. The normalized spacial score (nSPS) is 10.8. The van der Waals surface area contributed by atoms with Crippen LogP contribution in [0.5, 0.6) is 0 Å². The van der Waals surface area contributed by atoms with Crippen LogP contribution in [-0.2, 0) is 11.3 Å². The number of carbonyl (C=O) groups excluding carboxylic acids is 1. The lowest BCUT2D eigenvalue weighted by molar-refractivity contribution is 0.0427. The van der Waals surface area contributed by atoms with Crippen LogP contribution in [0.15, 0.2) is 52.9 Å². The van der Waals surface area contributed by atoms with Crippen molar-refractivity contribution in [2.75, 3.05) is 11.1 Å². The highest BCUT2D eigenvalue weighted by atomic mass is 19.1. The number of nitrogens with one attached hydrogen (secondary N) is 1. The molecule has 0 amide bonds. The second kappa shape index (κ2) is 7.55. The number of esters is 1. The molecule has 0 unspecified atom stereocenters. The Morgan fingerprint density at radius 1 is 1.14 bits per heavy atom. The number of nitrogen functional groups attached to an aromatic ring is 1. The maximum Gasteiger partial charge on any atom is 0.375 e. The number of rotatable bonds is 5. The van der Waals surface area contributed by atoms with E-state index in [0.717, 1.165) is 5.69 Å². The van der Waals surface area contributed by atoms with Crippen LogP contribution in [0.4, 0.5) is 22.0 Å². The monoisotopic (exact) mass is 393 g/mol. The smallest absolute Gasteiger partial charge is 0.375 e. The zero-order chi connectivity index (χ0) is 20.4. The molecule has 0 saturated heterocycles. The van der Waals surface area contributed by atoms with Crippen LogP contribution in [0.3, 0.4) is 0 Å². The van der Waals surface area contributed by atoms with Gasteiger partial charge in [-0.2, -0.15) is 15.0 Å². The molecule has 0 atom stereocenters. The van der Waals surface area contributed by atoms with E-state index in [9.17, 15) is 9.18 Å². The molecule has 0 saturated carbocycles. The molecule has 2 aromatic carbocycles. The van der Waals surface area contributed by atoms with Crippen molar-refractivity contribution in [2.24, 2.45) is 0 Å². The topological polar surface area (TPSA) is 116 Å². The molecular weight excluding hydrogens is 377 g/mol. The highest BCUT2D eigenvalue weighted by molar-refractivity contribution is 5.96. The van der Waals surface area contributed by atoms with Gasteiger partial charge in [0, 0.05) is 16.6 Å². The summed E-state index contributed by atoms with van der Waals surface area (Å²) in [5, 5.41) is 3.50. The minimum Gasteiger partial charge on any atom is -0.452 e. The molecule has 0 spiro atoms. The van der Waals surface area contributed by atoms with E-state index in [1.807, 2.05) is 30.3 Å². The number of nitrogens with zero attached hydrogens (tertiary/aromatic N) is 3. The van der Waals surface area contributed by atoms with Crippen molar-refractivity contribution in [1.29, 1.82) is 0 Å². The number of anilines is 3. The third kappa shape index (κ3) is 3.84. The SMILES string of the molecule is Cc1c(C(=O)OCc2nc(N)nc(Nc3ccccc3)n2)oc2c(F)cccc12. The molecule has 8 nitrogen and oxygen atoms in total. The molecule has 9 heteroatoms. The molecule has 0 fully saturated rings. The molecule has 4 aromatic rings. The van der Waals surface area contributed by atoms with Gasteiger partial charge in [0.25, 0.3) is 0 Å². The van der Waals surface area contributed by atoms with Crippen molar-refractivity contribution in [1.82, 2.24) is 15.0 Å². The number of benzene rings is 2. The summed E-state index contributed by atoms with van der Waals surface area (Å²) in [7, 11) is 0. The summed E-state index contributed by atoms with van der Waals surface area (Å²) in [6, 6.07) is 13.7. The first-order valence-electron chi connectivity index (χ1n) is 8.68. The van der Waals surface area contributed by atoms with Crippen LogP contribution in [0.25, 0.3) is 11.0 Å². The third-order valence-electron chi connectivity index (χ3n) is 4.16. The van der Waals surface area contributed by atoms with Crippen molar-refractivity contribution in [3.63, 3.8) is 0 Å². The standard InChI is InChI=1S/C20H16FN5O3/c1-11-13-8-5-9-14(21)17(13)29-16(11)18(27)28-10-15-24-19(22)26-20(25-15)23-12-6-3-2-4-7-12/h2-9H,10H2,1H3,(H3,22,23,24,25,26). The first kappa shape index (κ1) is 18.4. The van der Waals surface area contributed by atoms with Crippen molar-refractivity contribution < 1.29 is 18.3 Å². The summed E-state index contributed by atoms with van der Waals surface area (Å²) in [5.41, 5.74) is 6.99. The minimum absolute atomic E-state index is 0.00991. The van der Waals surface area contributed by atoms with Gasteiger partial charge < -0.3 is 20.2 Å². The van der Waals surface area contributed by atoms with Gasteiger partial charge in [-0.1, -0.05) is 30.3 Å². The van der Waals surface area contributed by atoms with E-state index in [1.54, 1.807) is 19.1 Å². The number of hydrogen-bond donors (Lipinski definition) is 2. The molecule has 2 heterocycles. The first-order chi connectivity index (χ1) is 14.0. The van der Waals surface area contributed by atoms with Crippen molar-refractivity contribution in [3.8, 4) is 0 Å². The minimum atomic E-state index is -0.755. The molecular formula is C20H16FN5O3. The van der Waals surface area contributed by atoms with Gasteiger partial charge in [-0.05, 0) is 25.1 Å². The van der Waals surface area contributed by atoms with Gasteiger partial charge in [-0.3, -0.25) is 0 Å².